The lowest BCUT2D eigenvalue weighted by Gasteiger charge is -2.29. The fraction of sp³-hybridized carbons (Fsp3) is 0.708. The molecule has 0 aliphatic carbocycles. The largest absolute Gasteiger partial charge is 0.497 e. The van der Waals surface area contributed by atoms with Crippen LogP contribution in [0.5, 0.6) is 5.75 Å². The molecule has 1 aliphatic rings. The van der Waals surface area contributed by atoms with E-state index in [1.807, 2.05) is 6.07 Å². The number of aliphatic hydroxyl groups is 1. The highest BCUT2D eigenvalue weighted by Gasteiger charge is 2.24. The fourth-order valence-electron chi connectivity index (χ4n) is 4.25. The SMILES string of the molecule is CCNC(=NCC(CCO)CC(C)C)NCC(c1cccc(OC)c1)N1CCCC1. The summed E-state index contributed by atoms with van der Waals surface area (Å²) in [6.07, 6.45) is 4.41. The van der Waals surface area contributed by atoms with E-state index in [0.717, 1.165) is 57.3 Å². The summed E-state index contributed by atoms with van der Waals surface area (Å²) in [6.45, 7) is 11.4. The lowest BCUT2D eigenvalue weighted by molar-refractivity contribution is 0.243. The predicted octanol–water partition coefficient (Wildman–Crippen LogP) is 3.43. The summed E-state index contributed by atoms with van der Waals surface area (Å²) >= 11 is 0. The van der Waals surface area contributed by atoms with E-state index in [1.165, 1.54) is 18.4 Å². The Bertz CT molecular complexity index is 629. The first-order valence-corrected chi connectivity index (χ1v) is 11.6. The Morgan fingerprint density at radius 2 is 2.00 bits per heavy atom. The molecule has 0 aromatic heterocycles. The Labute approximate surface area is 183 Å². The van der Waals surface area contributed by atoms with Crippen molar-refractivity contribution < 1.29 is 9.84 Å². The first-order chi connectivity index (χ1) is 14.6. The number of rotatable bonds is 12. The third-order valence-corrected chi connectivity index (χ3v) is 5.72. The molecule has 2 unspecified atom stereocenters. The van der Waals surface area contributed by atoms with Crippen molar-refractivity contribution in [3.8, 4) is 5.75 Å². The number of benzene rings is 1. The van der Waals surface area contributed by atoms with Crippen molar-refractivity contribution in [2.24, 2.45) is 16.8 Å². The molecule has 1 aliphatic heterocycles. The molecule has 0 amide bonds. The van der Waals surface area contributed by atoms with Crippen molar-refractivity contribution in [2.75, 3.05) is 46.4 Å². The fourth-order valence-corrected chi connectivity index (χ4v) is 4.25. The molecule has 0 spiro atoms. The topological polar surface area (TPSA) is 69.1 Å². The van der Waals surface area contributed by atoms with Gasteiger partial charge >= 0.3 is 0 Å². The van der Waals surface area contributed by atoms with Crippen molar-refractivity contribution in [1.82, 2.24) is 15.5 Å². The van der Waals surface area contributed by atoms with E-state index < -0.39 is 0 Å². The second-order valence-corrected chi connectivity index (χ2v) is 8.64. The molecule has 6 heteroatoms. The highest BCUT2D eigenvalue weighted by Crippen LogP contribution is 2.27. The van der Waals surface area contributed by atoms with Gasteiger partial charge in [0.2, 0.25) is 0 Å². The van der Waals surface area contributed by atoms with Gasteiger partial charge in [0.25, 0.3) is 0 Å². The van der Waals surface area contributed by atoms with E-state index in [-0.39, 0.29) is 12.6 Å². The molecule has 0 saturated carbocycles. The van der Waals surface area contributed by atoms with Crippen LogP contribution in [-0.2, 0) is 0 Å². The molecular formula is C24H42N4O2. The maximum atomic E-state index is 9.39. The van der Waals surface area contributed by atoms with Gasteiger partial charge in [-0.15, -0.1) is 0 Å². The quantitative estimate of drug-likeness (QED) is 0.358. The summed E-state index contributed by atoms with van der Waals surface area (Å²) in [6, 6.07) is 8.70. The van der Waals surface area contributed by atoms with Crippen LogP contribution in [0, 0.1) is 11.8 Å². The van der Waals surface area contributed by atoms with Gasteiger partial charge in [0, 0.05) is 26.2 Å². The van der Waals surface area contributed by atoms with E-state index in [2.05, 4.69) is 54.5 Å². The molecule has 0 bridgehead atoms. The van der Waals surface area contributed by atoms with Gasteiger partial charge in [0.1, 0.15) is 5.75 Å². The molecular weight excluding hydrogens is 376 g/mol. The molecule has 2 atom stereocenters. The van der Waals surface area contributed by atoms with Gasteiger partial charge in [-0.25, -0.2) is 0 Å². The summed E-state index contributed by atoms with van der Waals surface area (Å²) in [5, 5.41) is 16.4. The zero-order valence-electron chi connectivity index (χ0n) is 19.4. The van der Waals surface area contributed by atoms with Crippen LogP contribution in [0.2, 0.25) is 0 Å². The van der Waals surface area contributed by atoms with Gasteiger partial charge in [0.05, 0.1) is 13.2 Å². The Morgan fingerprint density at radius 3 is 2.63 bits per heavy atom. The number of aliphatic imine (C=N–C) groups is 1. The first-order valence-electron chi connectivity index (χ1n) is 11.6. The van der Waals surface area contributed by atoms with Crippen molar-refractivity contribution in [3.05, 3.63) is 29.8 Å². The minimum atomic E-state index is 0.226. The molecule has 1 aromatic carbocycles. The number of nitrogens with one attached hydrogen (secondary N) is 2. The second kappa shape index (κ2) is 13.5. The third-order valence-electron chi connectivity index (χ3n) is 5.72. The Kier molecular flexibility index (Phi) is 11.0. The van der Waals surface area contributed by atoms with Crippen LogP contribution in [0.4, 0.5) is 0 Å². The number of likely N-dealkylation sites (tertiary alicyclic amines) is 1. The van der Waals surface area contributed by atoms with E-state index in [1.54, 1.807) is 7.11 Å². The molecule has 170 valence electrons. The number of ether oxygens (including phenoxy) is 1. The Balaban J connectivity index is 2.08. The highest BCUT2D eigenvalue weighted by molar-refractivity contribution is 5.79. The molecule has 1 fully saturated rings. The number of aliphatic hydroxyl groups excluding tert-OH is 1. The number of methoxy groups -OCH3 is 1. The van der Waals surface area contributed by atoms with Crippen LogP contribution in [0.15, 0.2) is 29.3 Å². The summed E-state index contributed by atoms with van der Waals surface area (Å²) in [5.74, 6) is 2.78. The molecule has 1 saturated heterocycles. The lowest BCUT2D eigenvalue weighted by atomic mass is 9.94. The van der Waals surface area contributed by atoms with Crippen molar-refractivity contribution in [3.63, 3.8) is 0 Å². The van der Waals surface area contributed by atoms with Gasteiger partial charge in [-0.2, -0.15) is 0 Å². The molecule has 0 radical (unpaired) electrons. The van der Waals surface area contributed by atoms with Crippen LogP contribution >= 0.6 is 0 Å². The average Bonchev–Trinajstić information content (AvgIpc) is 3.26. The summed E-state index contributed by atoms with van der Waals surface area (Å²) in [5.41, 5.74) is 1.28. The van der Waals surface area contributed by atoms with Gasteiger partial charge in [0.15, 0.2) is 5.96 Å². The van der Waals surface area contributed by atoms with Gasteiger partial charge in [-0.05, 0) is 75.2 Å². The lowest BCUT2D eigenvalue weighted by Crippen LogP contribution is -2.43. The monoisotopic (exact) mass is 418 g/mol. The molecule has 3 N–H and O–H groups in total. The van der Waals surface area contributed by atoms with Gasteiger partial charge in [-0.1, -0.05) is 26.0 Å². The molecule has 1 heterocycles. The Morgan fingerprint density at radius 1 is 1.23 bits per heavy atom. The van der Waals surface area contributed by atoms with Crippen molar-refractivity contribution in [2.45, 2.75) is 52.5 Å². The van der Waals surface area contributed by atoms with Crippen LogP contribution < -0.4 is 15.4 Å². The highest BCUT2D eigenvalue weighted by atomic mass is 16.5. The number of hydrogen-bond acceptors (Lipinski definition) is 4. The van der Waals surface area contributed by atoms with Crippen molar-refractivity contribution >= 4 is 5.96 Å². The predicted molar refractivity (Wildman–Crippen MR) is 125 cm³/mol. The summed E-state index contributed by atoms with van der Waals surface area (Å²) < 4.78 is 5.46. The minimum absolute atomic E-state index is 0.226. The molecule has 2 rings (SSSR count). The van der Waals surface area contributed by atoms with E-state index in [4.69, 9.17) is 9.73 Å². The molecule has 1 aromatic rings. The van der Waals surface area contributed by atoms with Crippen LogP contribution in [0.1, 0.15) is 58.1 Å². The first kappa shape index (κ1) is 24.5. The van der Waals surface area contributed by atoms with Gasteiger partial charge < -0.3 is 20.5 Å². The van der Waals surface area contributed by atoms with Crippen LogP contribution in [-0.4, -0.2) is 62.4 Å². The average molecular weight is 419 g/mol. The third kappa shape index (κ3) is 8.15. The zero-order valence-corrected chi connectivity index (χ0v) is 19.4. The van der Waals surface area contributed by atoms with Gasteiger partial charge in [-0.3, -0.25) is 9.89 Å². The zero-order chi connectivity index (χ0) is 21.8. The summed E-state index contributed by atoms with van der Waals surface area (Å²) in [7, 11) is 1.72. The molecule has 6 nitrogen and oxygen atoms in total. The number of hydrogen-bond donors (Lipinski definition) is 3. The second-order valence-electron chi connectivity index (χ2n) is 8.64. The standard InChI is InChI=1S/C24H42N4O2/c1-5-25-24(26-17-20(11-14-29)15-19(2)3)27-18-23(28-12-6-7-13-28)21-9-8-10-22(16-21)30-4/h8-10,16,19-20,23,29H,5-7,11-15,17-18H2,1-4H3,(H2,25,26,27). The van der Waals surface area contributed by atoms with Crippen LogP contribution in [0.3, 0.4) is 0 Å². The summed E-state index contributed by atoms with van der Waals surface area (Å²) in [4.78, 5) is 7.41. The number of nitrogens with zero attached hydrogens (tertiary/aromatic N) is 2. The van der Waals surface area contributed by atoms with E-state index in [0.29, 0.717) is 11.8 Å². The Hall–Kier alpha value is -1.79. The van der Waals surface area contributed by atoms with Crippen LogP contribution in [0.25, 0.3) is 0 Å². The van der Waals surface area contributed by atoms with E-state index >= 15 is 0 Å². The van der Waals surface area contributed by atoms with Crippen molar-refractivity contribution in [1.29, 1.82) is 0 Å². The normalized spacial score (nSPS) is 17.2. The smallest absolute Gasteiger partial charge is 0.191 e. The minimum Gasteiger partial charge on any atom is -0.497 e. The maximum absolute atomic E-state index is 9.39. The maximum Gasteiger partial charge on any atom is 0.191 e. The molecule has 30 heavy (non-hydrogen) atoms. The van der Waals surface area contributed by atoms with E-state index in [9.17, 15) is 5.11 Å². The number of guanidine groups is 1.